The van der Waals surface area contributed by atoms with E-state index in [4.69, 9.17) is 0 Å². The molecule has 0 aromatic rings. The van der Waals surface area contributed by atoms with Crippen LogP contribution in [0.1, 0.15) is 40.5 Å². The zero-order valence-corrected chi connectivity index (χ0v) is 12.4. The van der Waals surface area contributed by atoms with E-state index in [0.717, 1.165) is 25.9 Å². The first-order valence-electron chi connectivity index (χ1n) is 7.35. The smallest absolute Gasteiger partial charge is 0.245 e. The van der Waals surface area contributed by atoms with E-state index in [0.29, 0.717) is 5.92 Å². The average Bonchev–Trinajstić information content (AvgIpc) is 2.76. The second-order valence-corrected chi connectivity index (χ2v) is 7.46. The van der Waals surface area contributed by atoms with Crippen LogP contribution < -0.4 is 0 Å². The molecule has 1 aliphatic carbocycles. The first-order chi connectivity index (χ1) is 8.76. The van der Waals surface area contributed by atoms with Crippen molar-refractivity contribution in [3.8, 4) is 0 Å². The van der Waals surface area contributed by atoms with Gasteiger partial charge in [0.05, 0.1) is 6.54 Å². The van der Waals surface area contributed by atoms with E-state index < -0.39 is 0 Å². The quantitative estimate of drug-likeness (QED) is 0.758. The molecule has 1 unspecified atom stereocenters. The minimum Gasteiger partial charge on any atom is -0.331 e. The van der Waals surface area contributed by atoms with Gasteiger partial charge in [-0.1, -0.05) is 27.7 Å². The van der Waals surface area contributed by atoms with Crippen LogP contribution in [0.3, 0.4) is 0 Å². The normalized spacial score (nSPS) is 32.7. The molecule has 0 aromatic heterocycles. The predicted octanol–water partition coefficient (Wildman–Crippen LogP) is 1.50. The monoisotopic (exact) mass is 264 g/mol. The van der Waals surface area contributed by atoms with Gasteiger partial charge in [0, 0.05) is 13.1 Å². The maximum Gasteiger partial charge on any atom is 0.245 e. The number of fused-ring (bicyclic) bond motifs is 1. The van der Waals surface area contributed by atoms with E-state index in [2.05, 4.69) is 27.7 Å². The van der Waals surface area contributed by atoms with Crippen molar-refractivity contribution >= 4 is 11.8 Å². The molecule has 0 spiro atoms. The Kier molecular flexibility index (Phi) is 2.55. The maximum absolute atomic E-state index is 12.5. The highest BCUT2D eigenvalue weighted by atomic mass is 16.2. The molecular formula is C15H24N2O2. The second-order valence-electron chi connectivity index (χ2n) is 7.46. The Hall–Kier alpha value is -1.06. The van der Waals surface area contributed by atoms with Gasteiger partial charge in [0.2, 0.25) is 11.8 Å². The number of hydrogen-bond acceptors (Lipinski definition) is 2. The molecule has 2 aliphatic heterocycles. The Morgan fingerprint density at radius 1 is 1.16 bits per heavy atom. The first kappa shape index (κ1) is 12.9. The zero-order valence-electron chi connectivity index (χ0n) is 12.4. The summed E-state index contributed by atoms with van der Waals surface area (Å²) in [7, 11) is 0. The third-order valence-corrected chi connectivity index (χ3v) is 6.22. The fraction of sp³-hybridized carbons (Fsp3) is 0.867. The summed E-state index contributed by atoms with van der Waals surface area (Å²) in [4.78, 5) is 28.2. The van der Waals surface area contributed by atoms with Gasteiger partial charge in [0.15, 0.2) is 0 Å². The fourth-order valence-corrected chi connectivity index (χ4v) is 4.03. The summed E-state index contributed by atoms with van der Waals surface area (Å²) in [6.07, 6.45) is 1.81. The SMILES string of the molecule is CC1(C)C(CN2CC(=O)N3CCCC3C2=O)C1(C)C. The third kappa shape index (κ3) is 1.65. The van der Waals surface area contributed by atoms with Crippen LogP contribution in [-0.4, -0.2) is 47.3 Å². The zero-order chi connectivity index (χ0) is 14.0. The standard InChI is InChI=1S/C15H24N2O2/c1-14(2)11(15(14,3)4)8-16-9-12(18)17-7-5-6-10(17)13(16)19/h10-11H,5-9H2,1-4H3. The third-order valence-electron chi connectivity index (χ3n) is 6.22. The van der Waals surface area contributed by atoms with Crippen LogP contribution in [0.25, 0.3) is 0 Å². The van der Waals surface area contributed by atoms with Crippen LogP contribution in [0, 0.1) is 16.7 Å². The summed E-state index contributed by atoms with van der Waals surface area (Å²) in [6, 6.07) is -0.161. The molecule has 0 N–H and O–H groups in total. The minimum absolute atomic E-state index is 0.137. The molecule has 19 heavy (non-hydrogen) atoms. The predicted molar refractivity (Wildman–Crippen MR) is 72.4 cm³/mol. The largest absolute Gasteiger partial charge is 0.331 e. The molecule has 1 saturated carbocycles. The molecule has 2 heterocycles. The van der Waals surface area contributed by atoms with Gasteiger partial charge < -0.3 is 9.80 Å². The topological polar surface area (TPSA) is 40.6 Å². The summed E-state index contributed by atoms with van der Waals surface area (Å²) in [5.74, 6) is 0.818. The summed E-state index contributed by atoms with van der Waals surface area (Å²) in [5, 5.41) is 0. The van der Waals surface area contributed by atoms with Crippen molar-refractivity contribution in [2.24, 2.45) is 16.7 Å². The van der Waals surface area contributed by atoms with Crippen LogP contribution in [0.15, 0.2) is 0 Å². The van der Waals surface area contributed by atoms with Gasteiger partial charge in [-0.15, -0.1) is 0 Å². The van der Waals surface area contributed by atoms with Crippen LogP contribution in [0.5, 0.6) is 0 Å². The van der Waals surface area contributed by atoms with Gasteiger partial charge in [-0.2, -0.15) is 0 Å². The highest BCUT2D eigenvalue weighted by Gasteiger charge is 2.65. The average molecular weight is 264 g/mol. The number of carbonyl (C=O) groups excluding carboxylic acids is 2. The molecule has 0 aromatic carbocycles. The molecule has 4 nitrogen and oxygen atoms in total. The van der Waals surface area contributed by atoms with Crippen molar-refractivity contribution in [1.29, 1.82) is 0 Å². The Morgan fingerprint density at radius 3 is 2.37 bits per heavy atom. The van der Waals surface area contributed by atoms with Crippen molar-refractivity contribution in [2.45, 2.75) is 46.6 Å². The van der Waals surface area contributed by atoms with E-state index in [-0.39, 0.29) is 35.2 Å². The molecular weight excluding hydrogens is 240 g/mol. The van der Waals surface area contributed by atoms with Crippen LogP contribution in [0.2, 0.25) is 0 Å². The number of amides is 2. The van der Waals surface area contributed by atoms with Crippen LogP contribution in [0.4, 0.5) is 0 Å². The van der Waals surface area contributed by atoms with E-state index in [1.807, 2.05) is 4.90 Å². The van der Waals surface area contributed by atoms with Crippen molar-refractivity contribution in [3.05, 3.63) is 0 Å². The van der Waals surface area contributed by atoms with Crippen LogP contribution in [-0.2, 0) is 9.59 Å². The Bertz CT molecular complexity index is 427. The van der Waals surface area contributed by atoms with Gasteiger partial charge in [-0.25, -0.2) is 0 Å². The van der Waals surface area contributed by atoms with Gasteiger partial charge in [0.1, 0.15) is 6.04 Å². The molecule has 1 atom stereocenters. The van der Waals surface area contributed by atoms with E-state index >= 15 is 0 Å². The van der Waals surface area contributed by atoms with E-state index in [1.54, 1.807) is 4.90 Å². The number of carbonyl (C=O) groups is 2. The molecule has 2 amide bonds. The lowest BCUT2D eigenvalue weighted by Gasteiger charge is -2.36. The molecule has 3 aliphatic rings. The molecule has 3 rings (SSSR count). The second kappa shape index (κ2) is 3.74. The first-order valence-corrected chi connectivity index (χ1v) is 7.35. The number of piperazine rings is 1. The Labute approximate surface area is 115 Å². The maximum atomic E-state index is 12.5. The fourth-order valence-electron chi connectivity index (χ4n) is 4.03. The number of nitrogens with zero attached hydrogens (tertiary/aromatic N) is 2. The lowest BCUT2D eigenvalue weighted by molar-refractivity contribution is -0.153. The molecule has 0 bridgehead atoms. The van der Waals surface area contributed by atoms with Crippen molar-refractivity contribution in [1.82, 2.24) is 9.80 Å². The molecule has 2 saturated heterocycles. The van der Waals surface area contributed by atoms with Gasteiger partial charge in [-0.05, 0) is 29.6 Å². The highest BCUT2D eigenvalue weighted by molar-refractivity contribution is 5.95. The highest BCUT2D eigenvalue weighted by Crippen LogP contribution is 2.68. The minimum atomic E-state index is -0.161. The summed E-state index contributed by atoms with van der Waals surface area (Å²) >= 11 is 0. The van der Waals surface area contributed by atoms with Gasteiger partial charge >= 0.3 is 0 Å². The van der Waals surface area contributed by atoms with E-state index in [1.165, 1.54) is 0 Å². The summed E-state index contributed by atoms with van der Waals surface area (Å²) in [6.45, 7) is 10.8. The van der Waals surface area contributed by atoms with Gasteiger partial charge in [-0.3, -0.25) is 9.59 Å². The van der Waals surface area contributed by atoms with Crippen molar-refractivity contribution < 1.29 is 9.59 Å². The van der Waals surface area contributed by atoms with Crippen LogP contribution >= 0.6 is 0 Å². The molecule has 3 fully saturated rings. The van der Waals surface area contributed by atoms with Crippen molar-refractivity contribution in [2.75, 3.05) is 19.6 Å². The summed E-state index contributed by atoms with van der Waals surface area (Å²) < 4.78 is 0. The van der Waals surface area contributed by atoms with Gasteiger partial charge in [0.25, 0.3) is 0 Å². The Balaban J connectivity index is 1.73. The number of rotatable bonds is 2. The lowest BCUT2D eigenvalue weighted by Crippen LogP contribution is -2.57. The summed E-state index contributed by atoms with van der Waals surface area (Å²) in [5.41, 5.74) is 0.534. The number of hydrogen-bond donors (Lipinski definition) is 0. The van der Waals surface area contributed by atoms with E-state index in [9.17, 15) is 9.59 Å². The molecule has 4 heteroatoms. The lowest BCUT2D eigenvalue weighted by atomic mass is 10.0. The molecule has 0 radical (unpaired) electrons. The van der Waals surface area contributed by atoms with Crippen molar-refractivity contribution in [3.63, 3.8) is 0 Å². The molecule has 106 valence electrons. The Morgan fingerprint density at radius 2 is 1.79 bits per heavy atom.